The smallest absolute Gasteiger partial charge is 0.416 e. The molecule has 1 aromatic rings. The van der Waals surface area contributed by atoms with Crippen LogP contribution in [-0.2, 0) is 15.8 Å². The Morgan fingerprint density at radius 1 is 1.24 bits per heavy atom. The van der Waals surface area contributed by atoms with E-state index in [4.69, 9.17) is 0 Å². The van der Waals surface area contributed by atoms with Gasteiger partial charge in [0.15, 0.2) is 0 Å². The van der Waals surface area contributed by atoms with Crippen molar-refractivity contribution in [3.05, 3.63) is 29.8 Å². The first-order chi connectivity index (χ1) is 11.7. The number of aliphatic carboxylic acids is 1. The van der Waals surface area contributed by atoms with Crippen LogP contribution in [0.1, 0.15) is 44.6 Å². The van der Waals surface area contributed by atoms with Crippen LogP contribution in [0.15, 0.2) is 24.3 Å². The molecule has 0 saturated heterocycles. The van der Waals surface area contributed by atoms with Crippen LogP contribution in [0, 0.1) is 0 Å². The quantitative estimate of drug-likeness (QED) is 0.617. The van der Waals surface area contributed by atoms with Gasteiger partial charge in [-0.1, -0.05) is 25.8 Å². The van der Waals surface area contributed by atoms with E-state index in [1.807, 2.05) is 0 Å². The van der Waals surface area contributed by atoms with Crippen molar-refractivity contribution in [3.8, 4) is 0 Å². The van der Waals surface area contributed by atoms with Crippen LogP contribution >= 0.6 is 0 Å². The van der Waals surface area contributed by atoms with Crippen LogP contribution in [-0.4, -0.2) is 24.5 Å². The van der Waals surface area contributed by atoms with Crippen LogP contribution in [0.25, 0.3) is 0 Å². The number of unbranched alkanes of at least 4 members (excludes halogenated alkanes) is 3. The number of benzene rings is 1. The van der Waals surface area contributed by atoms with Crippen LogP contribution in [0.5, 0.6) is 0 Å². The molecule has 0 unspecified atom stereocenters. The predicted octanol–water partition coefficient (Wildman–Crippen LogP) is 1.30. The number of carboxylic acid groups (broad SMARTS) is 1. The van der Waals surface area contributed by atoms with Gasteiger partial charge in [-0.05, 0) is 31.0 Å². The van der Waals surface area contributed by atoms with E-state index >= 15 is 0 Å². The standard InChI is InChI=1S/C17H23F3N2O3/c1-2-3-4-5-9-21-14(16(24)25)11-15(23)22-13-8-6-7-12(10-13)17(18,19)20/h6-8,10,14,21H,2-5,9,11H2,1H3,(H,22,23)(H,24,25)/t14-/m0/s1. The molecule has 5 nitrogen and oxygen atoms in total. The number of hydrogen-bond acceptors (Lipinski definition) is 3. The summed E-state index contributed by atoms with van der Waals surface area (Å²) in [6.07, 6.45) is -0.966. The summed E-state index contributed by atoms with van der Waals surface area (Å²) in [4.78, 5) is 23.0. The van der Waals surface area contributed by atoms with Crippen molar-refractivity contribution in [1.82, 2.24) is 0 Å². The third-order valence-electron chi connectivity index (χ3n) is 3.69. The molecule has 0 radical (unpaired) electrons. The van der Waals surface area contributed by atoms with E-state index in [-0.39, 0.29) is 12.1 Å². The number of amides is 1. The Hall–Kier alpha value is -2.09. The summed E-state index contributed by atoms with van der Waals surface area (Å²) in [7, 11) is 0. The molecular weight excluding hydrogens is 337 g/mol. The molecule has 0 aliphatic rings. The number of alkyl halides is 3. The highest BCUT2D eigenvalue weighted by Crippen LogP contribution is 2.30. The van der Waals surface area contributed by atoms with Crippen LogP contribution in [0.4, 0.5) is 18.9 Å². The fourth-order valence-corrected chi connectivity index (χ4v) is 2.34. The minimum atomic E-state index is -4.51. The van der Waals surface area contributed by atoms with Gasteiger partial charge in [0.1, 0.15) is 6.04 Å². The van der Waals surface area contributed by atoms with Crippen molar-refractivity contribution < 1.29 is 33.2 Å². The van der Waals surface area contributed by atoms with E-state index in [1.54, 1.807) is 0 Å². The van der Waals surface area contributed by atoms with Crippen molar-refractivity contribution >= 4 is 17.6 Å². The molecule has 3 N–H and O–H groups in total. The molecule has 1 aromatic carbocycles. The number of rotatable bonds is 10. The van der Waals surface area contributed by atoms with Gasteiger partial charge < -0.3 is 20.5 Å². The monoisotopic (exact) mass is 360 g/mol. The van der Waals surface area contributed by atoms with E-state index in [2.05, 4.69) is 12.2 Å². The van der Waals surface area contributed by atoms with Gasteiger partial charge in [-0.25, -0.2) is 0 Å². The summed E-state index contributed by atoms with van der Waals surface area (Å²) in [5, 5.41) is 14.9. The Kier molecular flexibility index (Phi) is 8.40. The molecule has 0 aromatic heterocycles. The number of carboxylic acids is 1. The summed E-state index contributed by atoms with van der Waals surface area (Å²) >= 11 is 0. The zero-order valence-electron chi connectivity index (χ0n) is 14.1. The number of nitrogens with two attached hydrogens (primary N) is 1. The zero-order valence-corrected chi connectivity index (χ0v) is 14.1. The second kappa shape index (κ2) is 10.0. The normalized spacial score (nSPS) is 12.6. The van der Waals surface area contributed by atoms with Crippen molar-refractivity contribution in [2.75, 3.05) is 11.9 Å². The van der Waals surface area contributed by atoms with E-state index in [9.17, 15) is 27.9 Å². The van der Waals surface area contributed by atoms with Crippen LogP contribution < -0.4 is 15.7 Å². The van der Waals surface area contributed by atoms with Gasteiger partial charge >= 0.3 is 6.18 Å². The topological polar surface area (TPSA) is 85.8 Å². The Morgan fingerprint density at radius 3 is 2.56 bits per heavy atom. The van der Waals surface area contributed by atoms with Crippen molar-refractivity contribution in [2.24, 2.45) is 0 Å². The molecule has 0 aliphatic heterocycles. The Morgan fingerprint density at radius 2 is 1.96 bits per heavy atom. The minimum absolute atomic E-state index is 0.0279. The molecule has 0 saturated carbocycles. The predicted molar refractivity (Wildman–Crippen MR) is 84.4 cm³/mol. The number of halogens is 3. The second-order valence-corrected chi connectivity index (χ2v) is 5.84. The van der Waals surface area contributed by atoms with E-state index < -0.39 is 29.7 Å². The highest BCUT2D eigenvalue weighted by molar-refractivity contribution is 5.93. The maximum absolute atomic E-state index is 12.6. The van der Waals surface area contributed by atoms with Crippen molar-refractivity contribution in [1.29, 1.82) is 0 Å². The summed E-state index contributed by atoms with van der Waals surface area (Å²) in [5.74, 6) is -2.03. The van der Waals surface area contributed by atoms with Gasteiger partial charge in [-0.3, -0.25) is 4.79 Å². The fourth-order valence-electron chi connectivity index (χ4n) is 2.34. The number of carbonyl (C=O) groups excluding carboxylic acids is 2. The largest absolute Gasteiger partial charge is 0.544 e. The van der Waals surface area contributed by atoms with Crippen LogP contribution in [0.3, 0.4) is 0 Å². The Bertz CT molecular complexity index is 577. The molecule has 0 fully saturated rings. The molecule has 0 aliphatic carbocycles. The van der Waals surface area contributed by atoms with Gasteiger partial charge in [0.25, 0.3) is 0 Å². The molecule has 1 amide bonds. The first kappa shape index (κ1) is 21.0. The number of anilines is 1. The molecule has 1 atom stereocenters. The molecular formula is C17H23F3N2O3. The van der Waals surface area contributed by atoms with Crippen molar-refractivity contribution in [2.45, 2.75) is 51.2 Å². The first-order valence-electron chi connectivity index (χ1n) is 8.25. The lowest BCUT2D eigenvalue weighted by Gasteiger charge is -2.16. The lowest BCUT2D eigenvalue weighted by atomic mass is 10.1. The Balaban J connectivity index is 2.56. The average Bonchev–Trinajstić information content (AvgIpc) is 2.52. The third-order valence-corrected chi connectivity index (χ3v) is 3.69. The minimum Gasteiger partial charge on any atom is -0.544 e. The third kappa shape index (κ3) is 8.02. The number of hydrogen-bond donors (Lipinski definition) is 2. The van der Waals surface area contributed by atoms with Gasteiger partial charge in [-0.15, -0.1) is 0 Å². The average molecular weight is 360 g/mol. The first-order valence-corrected chi connectivity index (χ1v) is 8.25. The van der Waals surface area contributed by atoms with E-state index in [0.29, 0.717) is 6.54 Å². The maximum atomic E-state index is 12.6. The SMILES string of the molecule is CCCCCC[NH2+][C@@H](CC(=O)Nc1cccc(C(F)(F)F)c1)C(=O)[O-]. The van der Waals surface area contributed by atoms with Gasteiger partial charge in [0, 0.05) is 5.69 Å². The zero-order chi connectivity index (χ0) is 18.9. The highest BCUT2D eigenvalue weighted by Gasteiger charge is 2.30. The lowest BCUT2D eigenvalue weighted by Crippen LogP contribution is -2.93. The van der Waals surface area contributed by atoms with Gasteiger partial charge in [0.2, 0.25) is 5.91 Å². The van der Waals surface area contributed by atoms with Crippen LogP contribution in [0.2, 0.25) is 0 Å². The summed E-state index contributed by atoms with van der Waals surface area (Å²) in [6, 6.07) is 3.13. The maximum Gasteiger partial charge on any atom is 0.416 e. The second-order valence-electron chi connectivity index (χ2n) is 5.84. The number of quaternary nitrogens is 1. The van der Waals surface area contributed by atoms with Crippen molar-refractivity contribution in [3.63, 3.8) is 0 Å². The summed E-state index contributed by atoms with van der Waals surface area (Å²) < 4.78 is 37.9. The summed E-state index contributed by atoms with van der Waals surface area (Å²) in [5.41, 5.74) is -0.913. The number of nitrogens with one attached hydrogen (secondary N) is 1. The van der Waals surface area contributed by atoms with E-state index in [0.717, 1.165) is 37.8 Å². The lowest BCUT2D eigenvalue weighted by molar-refractivity contribution is -0.682. The molecule has 0 bridgehead atoms. The Labute approximate surface area is 144 Å². The molecule has 8 heteroatoms. The molecule has 25 heavy (non-hydrogen) atoms. The number of carbonyl (C=O) groups is 2. The van der Waals surface area contributed by atoms with Gasteiger partial charge in [-0.2, -0.15) is 13.2 Å². The van der Waals surface area contributed by atoms with E-state index in [1.165, 1.54) is 17.4 Å². The molecule has 1 rings (SSSR count). The molecule has 0 spiro atoms. The highest BCUT2D eigenvalue weighted by atomic mass is 19.4. The molecule has 140 valence electrons. The van der Waals surface area contributed by atoms with Gasteiger partial charge in [0.05, 0.1) is 24.5 Å². The summed E-state index contributed by atoms with van der Waals surface area (Å²) in [6.45, 7) is 2.61. The fraction of sp³-hybridized carbons (Fsp3) is 0.529. The molecule has 0 heterocycles.